The second kappa shape index (κ2) is 13.2. The number of fused-ring (bicyclic) bond motifs is 5. The van der Waals surface area contributed by atoms with E-state index in [9.17, 15) is 14.4 Å². The Morgan fingerprint density at radius 3 is 2.79 bits per heavy atom. The van der Waals surface area contributed by atoms with Crippen LogP contribution in [0.2, 0.25) is 5.02 Å². The summed E-state index contributed by atoms with van der Waals surface area (Å²) in [4.78, 5) is 26.3. The van der Waals surface area contributed by atoms with Gasteiger partial charge in [-0.25, -0.2) is 18.0 Å². The molecule has 274 valence electrons. The molecule has 4 saturated heterocycles. The summed E-state index contributed by atoms with van der Waals surface area (Å²) in [5.74, 6) is -1.02. The Bertz CT molecular complexity index is 2140. The number of carbonyl (C=O) groups excluding carboxylic acids is 1. The molecule has 4 aromatic rings. The number of hydrogen-bond donors (Lipinski definition) is 1. The number of hydrogen-bond acceptors (Lipinski definition) is 10. The van der Waals surface area contributed by atoms with Crippen LogP contribution in [0.4, 0.5) is 28.8 Å². The molecular weight excluding hydrogens is 717 g/mol. The van der Waals surface area contributed by atoms with Gasteiger partial charge in [0, 0.05) is 42.4 Å². The van der Waals surface area contributed by atoms with Gasteiger partial charge < -0.3 is 19.1 Å². The third kappa shape index (κ3) is 6.29. The lowest BCUT2D eigenvalue weighted by Crippen LogP contribution is -2.43. The number of thiophene rings is 1. The lowest BCUT2D eigenvalue weighted by atomic mass is 9.95. The van der Waals surface area contributed by atoms with Gasteiger partial charge in [0.2, 0.25) is 0 Å². The number of amides is 1. The maximum Gasteiger partial charge on any atom is 0.412 e. The highest BCUT2D eigenvalue weighted by atomic mass is 35.5. The molecule has 0 saturated carbocycles. The van der Waals surface area contributed by atoms with Gasteiger partial charge in [-0.1, -0.05) is 17.7 Å². The summed E-state index contributed by atoms with van der Waals surface area (Å²) in [7, 11) is 0. The highest BCUT2D eigenvalue weighted by Gasteiger charge is 2.49. The van der Waals surface area contributed by atoms with Gasteiger partial charge >= 0.3 is 12.1 Å². The fourth-order valence-corrected chi connectivity index (χ4v) is 9.65. The molecule has 0 spiro atoms. The molecule has 0 radical (unpaired) electrons. The Hall–Kier alpha value is -3.90. The molecule has 4 fully saturated rings. The minimum atomic E-state index is -0.950. The number of anilines is 2. The van der Waals surface area contributed by atoms with E-state index < -0.39 is 35.0 Å². The molecule has 0 aliphatic carbocycles. The fraction of sp³-hybridized carbons (Fsp3) is 0.514. The number of carbonyl (C=O) groups is 1. The van der Waals surface area contributed by atoms with Crippen molar-refractivity contribution in [1.29, 1.82) is 5.26 Å². The third-order valence-electron chi connectivity index (χ3n) is 10.5. The van der Waals surface area contributed by atoms with Gasteiger partial charge in [-0.05, 0) is 77.1 Å². The summed E-state index contributed by atoms with van der Waals surface area (Å²) in [6.45, 7) is 7.52. The maximum atomic E-state index is 17.3. The van der Waals surface area contributed by atoms with Crippen molar-refractivity contribution in [2.45, 2.75) is 88.8 Å². The van der Waals surface area contributed by atoms with Gasteiger partial charge in [0.15, 0.2) is 5.82 Å². The molecule has 4 aliphatic rings. The maximum absolute atomic E-state index is 17.3. The summed E-state index contributed by atoms with van der Waals surface area (Å²) in [6.07, 6.45) is 3.09. The zero-order valence-corrected chi connectivity index (χ0v) is 30.6. The Morgan fingerprint density at radius 2 is 2.00 bits per heavy atom. The van der Waals surface area contributed by atoms with Crippen molar-refractivity contribution in [3.05, 3.63) is 40.4 Å². The third-order valence-corrected chi connectivity index (χ3v) is 11.9. The Balaban J connectivity index is 1.26. The summed E-state index contributed by atoms with van der Waals surface area (Å²) >= 11 is 7.78. The number of nitrogens with zero attached hydrogens (tertiary/aromatic N) is 5. The minimum absolute atomic E-state index is 0.00110. The van der Waals surface area contributed by atoms with Crippen molar-refractivity contribution < 1.29 is 32.2 Å². The van der Waals surface area contributed by atoms with Crippen molar-refractivity contribution in [3.63, 3.8) is 0 Å². The minimum Gasteiger partial charge on any atom is -0.461 e. The number of halogens is 4. The quantitative estimate of drug-likeness (QED) is 0.208. The van der Waals surface area contributed by atoms with E-state index in [0.29, 0.717) is 37.3 Å². The molecule has 6 heterocycles. The van der Waals surface area contributed by atoms with Gasteiger partial charge in [0.25, 0.3) is 0 Å². The number of aromatic nitrogens is 2. The predicted octanol–water partition coefficient (Wildman–Crippen LogP) is 8.37. The lowest BCUT2D eigenvalue weighted by molar-refractivity contribution is 0.0580. The molecule has 15 heteroatoms. The van der Waals surface area contributed by atoms with E-state index in [1.165, 1.54) is 12.1 Å². The van der Waals surface area contributed by atoms with Crippen LogP contribution in [-0.4, -0.2) is 83.3 Å². The molecule has 10 nitrogen and oxygen atoms in total. The number of ether oxygens (including phenoxy) is 3. The smallest absolute Gasteiger partial charge is 0.412 e. The van der Waals surface area contributed by atoms with Gasteiger partial charge in [-0.3, -0.25) is 10.2 Å². The Kier molecular flexibility index (Phi) is 8.92. The number of nitrogens with one attached hydrogen (secondary N) is 1. The second-order valence-corrected chi connectivity index (χ2v) is 16.6. The van der Waals surface area contributed by atoms with Crippen molar-refractivity contribution in [1.82, 2.24) is 14.9 Å². The van der Waals surface area contributed by atoms with Crippen LogP contribution in [0.5, 0.6) is 6.01 Å². The van der Waals surface area contributed by atoms with E-state index in [-0.39, 0.29) is 67.1 Å². The van der Waals surface area contributed by atoms with E-state index in [1.54, 1.807) is 26.8 Å². The Labute approximate surface area is 307 Å². The second-order valence-electron chi connectivity index (χ2n) is 15.2. The summed E-state index contributed by atoms with van der Waals surface area (Å²) < 4.78 is 65.0. The number of rotatable bonds is 6. The van der Waals surface area contributed by atoms with Crippen LogP contribution in [0.1, 0.15) is 64.9 Å². The molecule has 2 bridgehead atoms. The van der Waals surface area contributed by atoms with Crippen molar-refractivity contribution in [2.24, 2.45) is 0 Å². The zero-order valence-electron chi connectivity index (χ0n) is 29.0. The van der Waals surface area contributed by atoms with Crippen LogP contribution < -0.4 is 15.0 Å². The monoisotopic (exact) mass is 754 g/mol. The van der Waals surface area contributed by atoms with Crippen LogP contribution in [0.25, 0.3) is 32.1 Å². The van der Waals surface area contributed by atoms with Crippen LogP contribution in [0.15, 0.2) is 18.2 Å². The molecule has 52 heavy (non-hydrogen) atoms. The van der Waals surface area contributed by atoms with Crippen molar-refractivity contribution in [3.8, 4) is 23.2 Å². The molecule has 1 amide bonds. The SMILES string of the molecule is CC(C)(C)OC(=O)Nc1sc2c(F)ccc(-c3c(Cl)cc4c(N5CCC6CCC(C5)O6)nc(OC[C@@]56CCCN5C[C@H](F)C6)nc4c3F)c2c1C#N. The molecular formula is C37H38ClF3N6O4S. The summed E-state index contributed by atoms with van der Waals surface area (Å²) in [5.41, 5.74) is -1.38. The molecule has 4 aliphatic heterocycles. The van der Waals surface area contributed by atoms with Gasteiger partial charge in [-0.15, -0.1) is 11.3 Å². The van der Waals surface area contributed by atoms with Crippen LogP contribution in [0, 0.1) is 23.0 Å². The Morgan fingerprint density at radius 1 is 1.19 bits per heavy atom. The van der Waals surface area contributed by atoms with E-state index >= 15 is 8.78 Å². The van der Waals surface area contributed by atoms with E-state index in [0.717, 1.165) is 50.0 Å². The first-order valence-corrected chi connectivity index (χ1v) is 18.8. The average molecular weight is 755 g/mol. The number of benzene rings is 2. The van der Waals surface area contributed by atoms with Crippen LogP contribution in [0.3, 0.4) is 0 Å². The van der Waals surface area contributed by atoms with E-state index in [1.807, 2.05) is 0 Å². The van der Waals surface area contributed by atoms with Crippen molar-refractivity contribution in [2.75, 3.05) is 43.0 Å². The first-order chi connectivity index (χ1) is 24.8. The van der Waals surface area contributed by atoms with Crippen LogP contribution in [-0.2, 0) is 9.47 Å². The molecule has 2 aromatic carbocycles. The van der Waals surface area contributed by atoms with Gasteiger partial charge in [-0.2, -0.15) is 15.2 Å². The number of alkyl halides is 1. The zero-order chi connectivity index (χ0) is 36.5. The first-order valence-electron chi connectivity index (χ1n) is 17.6. The topological polar surface area (TPSA) is 113 Å². The molecule has 2 unspecified atom stereocenters. The summed E-state index contributed by atoms with van der Waals surface area (Å²) in [5, 5.41) is 13.3. The van der Waals surface area contributed by atoms with Gasteiger partial charge in [0.1, 0.15) is 46.6 Å². The molecule has 4 atom stereocenters. The average Bonchev–Trinajstić information content (AvgIpc) is 3.81. The lowest BCUT2D eigenvalue weighted by Gasteiger charge is -2.31. The highest BCUT2D eigenvalue weighted by molar-refractivity contribution is 7.23. The first kappa shape index (κ1) is 35.1. The van der Waals surface area contributed by atoms with E-state index in [2.05, 4.69) is 26.2 Å². The highest BCUT2D eigenvalue weighted by Crippen LogP contribution is 2.47. The predicted molar refractivity (Wildman–Crippen MR) is 193 cm³/mol. The normalized spacial score (nSPS) is 24.7. The molecule has 8 rings (SSSR count). The van der Waals surface area contributed by atoms with Crippen molar-refractivity contribution >= 4 is 60.8 Å². The standard InChI is InChI=1S/C37H38ClF3N6O4S/c1-36(2,3)51-35(48)45-33-24(15-42)27-22(7-8-26(40)31(27)52-33)28-25(38)13-23-30(29(28)41)43-34(49-18-37-10-4-11-47(37)16-19(39)14-37)44-32(23)46-12-9-20-5-6-21(17-46)50-20/h7-8,13,19-21H,4-6,9-12,14,16-18H2,1-3H3,(H,45,48)/t19-,20?,21?,37+/m1/s1. The molecule has 2 aromatic heterocycles. The number of nitriles is 1. The molecule has 1 N–H and O–H groups in total. The van der Waals surface area contributed by atoms with Crippen LogP contribution >= 0.6 is 22.9 Å². The fourth-order valence-electron chi connectivity index (χ4n) is 8.29. The summed E-state index contributed by atoms with van der Waals surface area (Å²) in [6, 6.07) is 6.14. The largest absolute Gasteiger partial charge is 0.461 e. The van der Waals surface area contributed by atoms with E-state index in [4.69, 9.17) is 30.8 Å². The van der Waals surface area contributed by atoms with Gasteiger partial charge in [0.05, 0.1) is 33.0 Å².